The summed E-state index contributed by atoms with van der Waals surface area (Å²) >= 11 is 0. The maximum Gasteiger partial charge on any atom is 0.273 e. The molecular formula is C20H25N3O5. The van der Waals surface area contributed by atoms with Crippen LogP contribution >= 0.6 is 0 Å². The molecule has 1 aromatic heterocycles. The number of aromatic nitrogens is 1. The first-order valence-corrected chi connectivity index (χ1v) is 8.86. The van der Waals surface area contributed by atoms with Crippen molar-refractivity contribution in [1.82, 2.24) is 15.2 Å². The van der Waals surface area contributed by atoms with Crippen LogP contribution < -0.4 is 5.32 Å². The lowest BCUT2D eigenvalue weighted by Crippen LogP contribution is -2.32. The van der Waals surface area contributed by atoms with Crippen LogP contribution in [-0.4, -0.2) is 62.2 Å². The third kappa shape index (κ3) is 6.98. The second-order valence-corrected chi connectivity index (χ2v) is 5.87. The number of hydrogen-bond acceptors (Lipinski definition) is 6. The van der Waals surface area contributed by atoms with Gasteiger partial charge in [0.25, 0.3) is 5.91 Å². The molecule has 0 aliphatic rings. The maximum atomic E-state index is 12.6. The van der Waals surface area contributed by atoms with E-state index in [1.807, 2.05) is 30.3 Å². The van der Waals surface area contributed by atoms with Crippen LogP contribution in [0.5, 0.6) is 0 Å². The van der Waals surface area contributed by atoms with Crippen molar-refractivity contribution in [3.8, 4) is 0 Å². The fraction of sp³-hybridized carbons (Fsp3) is 0.350. The summed E-state index contributed by atoms with van der Waals surface area (Å²) in [6, 6.07) is 9.53. The molecule has 0 radical (unpaired) electrons. The molecule has 1 heterocycles. The van der Waals surface area contributed by atoms with Crippen molar-refractivity contribution in [3.05, 3.63) is 59.8 Å². The van der Waals surface area contributed by atoms with Crippen LogP contribution in [0.2, 0.25) is 0 Å². The minimum Gasteiger partial charge on any atom is -0.446 e. The fourth-order valence-electron chi connectivity index (χ4n) is 2.31. The molecule has 0 unspecified atom stereocenters. The summed E-state index contributed by atoms with van der Waals surface area (Å²) in [5.74, 6) is -0.287. The number of rotatable bonds is 11. The van der Waals surface area contributed by atoms with E-state index < -0.39 is 0 Å². The standard InChI is InChI=1S/C20H25N3O5/c1-26-12-10-21-20(25)17-15-28-18(22-17)14-23(11-13-27-2)19(24)9-8-16-6-4-3-5-7-16/h3-9,15H,10-14H2,1-2H3,(H,21,25)/b9-8+. The zero-order valence-corrected chi connectivity index (χ0v) is 16.1. The van der Waals surface area contributed by atoms with Crippen molar-refractivity contribution in [2.24, 2.45) is 0 Å². The Kier molecular flexibility index (Phi) is 8.90. The molecule has 8 heteroatoms. The van der Waals surface area contributed by atoms with Gasteiger partial charge in [-0.15, -0.1) is 0 Å². The molecule has 2 amide bonds. The van der Waals surface area contributed by atoms with E-state index in [2.05, 4.69) is 10.3 Å². The third-order valence-electron chi connectivity index (χ3n) is 3.80. The van der Waals surface area contributed by atoms with Gasteiger partial charge in [-0.05, 0) is 11.6 Å². The van der Waals surface area contributed by atoms with E-state index >= 15 is 0 Å². The molecule has 150 valence electrons. The topological polar surface area (TPSA) is 93.9 Å². The van der Waals surface area contributed by atoms with E-state index in [0.29, 0.717) is 26.3 Å². The molecule has 1 N–H and O–H groups in total. The van der Waals surface area contributed by atoms with Gasteiger partial charge in [-0.2, -0.15) is 0 Å². The lowest BCUT2D eigenvalue weighted by Gasteiger charge is -2.19. The summed E-state index contributed by atoms with van der Waals surface area (Å²) in [6.07, 6.45) is 4.51. The molecule has 1 aromatic carbocycles. The number of benzene rings is 1. The summed E-state index contributed by atoms with van der Waals surface area (Å²) < 4.78 is 15.3. The lowest BCUT2D eigenvalue weighted by molar-refractivity contribution is -0.127. The predicted octanol–water partition coefficient (Wildman–Crippen LogP) is 1.74. The molecule has 8 nitrogen and oxygen atoms in total. The van der Waals surface area contributed by atoms with Crippen molar-refractivity contribution < 1.29 is 23.5 Å². The Hall–Kier alpha value is -2.97. The van der Waals surface area contributed by atoms with Gasteiger partial charge in [-0.3, -0.25) is 9.59 Å². The van der Waals surface area contributed by atoms with Crippen molar-refractivity contribution in [1.29, 1.82) is 0 Å². The van der Waals surface area contributed by atoms with E-state index in [0.717, 1.165) is 5.56 Å². The molecule has 0 bridgehead atoms. The number of carbonyl (C=O) groups excluding carboxylic acids is 2. The predicted molar refractivity (Wildman–Crippen MR) is 103 cm³/mol. The van der Waals surface area contributed by atoms with Gasteiger partial charge in [0.1, 0.15) is 6.26 Å². The Morgan fingerprint density at radius 1 is 1.18 bits per heavy atom. The molecule has 0 atom stereocenters. The molecule has 2 aromatic rings. The van der Waals surface area contributed by atoms with Crippen molar-refractivity contribution in [3.63, 3.8) is 0 Å². The van der Waals surface area contributed by atoms with Crippen LogP contribution in [0, 0.1) is 0 Å². The second-order valence-electron chi connectivity index (χ2n) is 5.87. The normalized spacial score (nSPS) is 10.9. The Morgan fingerprint density at radius 2 is 1.93 bits per heavy atom. The fourth-order valence-corrected chi connectivity index (χ4v) is 2.31. The van der Waals surface area contributed by atoms with Crippen molar-refractivity contribution >= 4 is 17.9 Å². The van der Waals surface area contributed by atoms with Gasteiger partial charge in [0.15, 0.2) is 5.69 Å². The summed E-state index contributed by atoms with van der Waals surface area (Å²) in [5, 5.41) is 2.66. The van der Waals surface area contributed by atoms with E-state index in [1.54, 1.807) is 25.2 Å². The van der Waals surface area contributed by atoms with Gasteiger partial charge in [0.05, 0.1) is 19.8 Å². The highest BCUT2D eigenvalue weighted by molar-refractivity contribution is 5.92. The highest BCUT2D eigenvalue weighted by atomic mass is 16.5. The molecule has 0 spiro atoms. The quantitative estimate of drug-likeness (QED) is 0.466. The molecule has 0 saturated carbocycles. The van der Waals surface area contributed by atoms with Gasteiger partial charge in [-0.25, -0.2) is 4.98 Å². The highest BCUT2D eigenvalue weighted by Gasteiger charge is 2.17. The molecule has 0 fully saturated rings. The van der Waals surface area contributed by atoms with Crippen LogP contribution in [0.25, 0.3) is 6.08 Å². The van der Waals surface area contributed by atoms with E-state index in [9.17, 15) is 9.59 Å². The molecule has 28 heavy (non-hydrogen) atoms. The lowest BCUT2D eigenvalue weighted by atomic mass is 10.2. The first-order chi connectivity index (χ1) is 13.6. The summed E-state index contributed by atoms with van der Waals surface area (Å²) in [5.41, 5.74) is 1.08. The zero-order valence-electron chi connectivity index (χ0n) is 16.1. The Bertz CT molecular complexity index is 773. The number of methoxy groups -OCH3 is 2. The van der Waals surface area contributed by atoms with Crippen LogP contribution in [0.4, 0.5) is 0 Å². The third-order valence-corrected chi connectivity index (χ3v) is 3.80. The van der Waals surface area contributed by atoms with E-state index in [4.69, 9.17) is 13.9 Å². The Balaban J connectivity index is 2.00. The van der Waals surface area contributed by atoms with Gasteiger partial charge in [0.2, 0.25) is 11.8 Å². The van der Waals surface area contributed by atoms with Crippen LogP contribution in [0.1, 0.15) is 21.9 Å². The first kappa shape index (κ1) is 21.3. The highest BCUT2D eigenvalue weighted by Crippen LogP contribution is 2.08. The number of oxazole rings is 1. The van der Waals surface area contributed by atoms with Crippen LogP contribution in [-0.2, 0) is 20.8 Å². The van der Waals surface area contributed by atoms with Gasteiger partial charge < -0.3 is 24.1 Å². The molecular weight excluding hydrogens is 362 g/mol. The van der Waals surface area contributed by atoms with E-state index in [-0.39, 0.29) is 29.9 Å². The first-order valence-electron chi connectivity index (χ1n) is 8.86. The zero-order chi connectivity index (χ0) is 20.2. The molecule has 0 aliphatic heterocycles. The van der Waals surface area contributed by atoms with Crippen LogP contribution in [0.15, 0.2) is 47.1 Å². The molecule has 0 aliphatic carbocycles. The Morgan fingerprint density at radius 3 is 2.64 bits per heavy atom. The van der Waals surface area contributed by atoms with Gasteiger partial charge in [-0.1, -0.05) is 30.3 Å². The van der Waals surface area contributed by atoms with Gasteiger partial charge >= 0.3 is 0 Å². The van der Waals surface area contributed by atoms with Gasteiger partial charge in [0, 0.05) is 33.4 Å². The smallest absolute Gasteiger partial charge is 0.273 e. The number of nitrogens with zero attached hydrogens (tertiary/aromatic N) is 2. The number of ether oxygens (including phenoxy) is 2. The average molecular weight is 387 g/mol. The average Bonchev–Trinajstić information content (AvgIpc) is 3.19. The number of hydrogen-bond donors (Lipinski definition) is 1. The largest absolute Gasteiger partial charge is 0.446 e. The second kappa shape index (κ2) is 11.7. The maximum absolute atomic E-state index is 12.6. The summed E-state index contributed by atoms with van der Waals surface area (Å²) in [4.78, 5) is 30.2. The molecule has 2 rings (SSSR count). The van der Waals surface area contributed by atoms with E-state index in [1.165, 1.54) is 12.3 Å². The molecule has 0 saturated heterocycles. The minimum atomic E-state index is -0.356. The Labute approximate surface area is 164 Å². The number of nitrogens with one attached hydrogen (secondary N) is 1. The number of carbonyl (C=O) groups is 2. The summed E-state index contributed by atoms with van der Waals surface area (Å²) in [7, 11) is 3.12. The SMILES string of the molecule is COCCNC(=O)c1coc(CN(CCOC)C(=O)/C=C/c2ccccc2)n1. The van der Waals surface area contributed by atoms with Crippen molar-refractivity contribution in [2.45, 2.75) is 6.54 Å². The van der Waals surface area contributed by atoms with Crippen molar-refractivity contribution in [2.75, 3.05) is 40.5 Å². The van der Waals surface area contributed by atoms with Crippen LogP contribution in [0.3, 0.4) is 0 Å². The monoisotopic (exact) mass is 387 g/mol. The minimum absolute atomic E-state index is 0.132. The summed E-state index contributed by atoms with van der Waals surface area (Å²) in [6.45, 7) is 1.65. The number of amides is 2.